The molecule has 1 saturated carbocycles. The molecular formula is C18H27N3O3. The Kier molecular flexibility index (Phi) is 4.53. The van der Waals surface area contributed by atoms with Gasteiger partial charge in [0.25, 0.3) is 11.5 Å². The second-order valence-corrected chi connectivity index (χ2v) is 7.61. The van der Waals surface area contributed by atoms with Crippen LogP contribution in [0.25, 0.3) is 0 Å². The number of β-amino-alcohol motifs (C(OH)–C–C–N with tert-alkyl or cyclic N) is 1. The van der Waals surface area contributed by atoms with Crippen LogP contribution in [0.1, 0.15) is 47.6 Å². The molecule has 2 fully saturated rings. The van der Waals surface area contributed by atoms with E-state index in [0.717, 1.165) is 19.3 Å². The first-order valence-corrected chi connectivity index (χ1v) is 8.69. The summed E-state index contributed by atoms with van der Waals surface area (Å²) in [6.07, 6.45) is 5.23. The van der Waals surface area contributed by atoms with Gasteiger partial charge in [0.15, 0.2) is 0 Å². The Morgan fingerprint density at radius 2 is 2.12 bits per heavy atom. The van der Waals surface area contributed by atoms with Gasteiger partial charge in [-0.25, -0.2) is 0 Å². The van der Waals surface area contributed by atoms with Crippen LogP contribution in [0, 0.1) is 6.92 Å². The van der Waals surface area contributed by atoms with Crippen molar-refractivity contribution in [3.63, 3.8) is 0 Å². The van der Waals surface area contributed by atoms with Crippen LogP contribution in [0.2, 0.25) is 0 Å². The molecule has 0 aromatic carbocycles. The van der Waals surface area contributed by atoms with Crippen LogP contribution in [-0.2, 0) is 0 Å². The molecule has 1 aromatic rings. The lowest BCUT2D eigenvalue weighted by molar-refractivity contribution is -0.0392. The first-order valence-electron chi connectivity index (χ1n) is 8.69. The third-order valence-corrected chi connectivity index (χ3v) is 4.94. The van der Waals surface area contributed by atoms with E-state index in [4.69, 9.17) is 0 Å². The second kappa shape index (κ2) is 6.33. The zero-order chi connectivity index (χ0) is 17.5. The number of amides is 1. The van der Waals surface area contributed by atoms with Gasteiger partial charge in [-0.2, -0.15) is 0 Å². The topological polar surface area (TPSA) is 65.8 Å². The molecule has 0 spiro atoms. The fourth-order valence-corrected chi connectivity index (χ4v) is 3.70. The SMILES string of the molecule is Cc1ccn(C2CC2)c(=O)c1C(=O)N1CCCC(O)(CN(C)C)C1. The lowest BCUT2D eigenvalue weighted by Crippen LogP contribution is -2.55. The summed E-state index contributed by atoms with van der Waals surface area (Å²) in [6, 6.07) is 2.10. The second-order valence-electron chi connectivity index (χ2n) is 7.61. The van der Waals surface area contributed by atoms with Gasteiger partial charge in [-0.1, -0.05) is 0 Å². The van der Waals surface area contributed by atoms with Gasteiger partial charge in [0.05, 0.1) is 12.1 Å². The Balaban J connectivity index is 1.86. The summed E-state index contributed by atoms with van der Waals surface area (Å²) in [5.41, 5.74) is -0.123. The van der Waals surface area contributed by atoms with E-state index in [1.165, 1.54) is 0 Å². The summed E-state index contributed by atoms with van der Waals surface area (Å²) in [5, 5.41) is 10.8. The molecule has 2 aliphatic rings. The number of likely N-dealkylation sites (N-methyl/N-ethyl adjacent to an activating group) is 1. The minimum atomic E-state index is -0.907. The highest BCUT2D eigenvalue weighted by Gasteiger charge is 2.37. The number of likely N-dealkylation sites (tertiary alicyclic amines) is 1. The maximum Gasteiger partial charge on any atom is 0.263 e. The summed E-state index contributed by atoms with van der Waals surface area (Å²) in [4.78, 5) is 29.3. The van der Waals surface area contributed by atoms with Crippen molar-refractivity contribution in [1.82, 2.24) is 14.4 Å². The molecule has 3 rings (SSSR count). The lowest BCUT2D eigenvalue weighted by atomic mass is 9.91. The summed E-state index contributed by atoms with van der Waals surface area (Å²) >= 11 is 0. The first-order chi connectivity index (χ1) is 11.3. The third-order valence-electron chi connectivity index (χ3n) is 4.94. The molecule has 1 aromatic heterocycles. The van der Waals surface area contributed by atoms with E-state index in [-0.39, 0.29) is 29.6 Å². The van der Waals surface area contributed by atoms with Crippen LogP contribution in [0.15, 0.2) is 17.1 Å². The van der Waals surface area contributed by atoms with Gasteiger partial charge in [-0.3, -0.25) is 9.59 Å². The smallest absolute Gasteiger partial charge is 0.263 e. The number of rotatable bonds is 4. The number of aromatic nitrogens is 1. The van der Waals surface area contributed by atoms with Crippen molar-refractivity contribution in [3.05, 3.63) is 33.7 Å². The summed E-state index contributed by atoms with van der Waals surface area (Å²) in [5.74, 6) is -0.246. The highest BCUT2D eigenvalue weighted by Crippen LogP contribution is 2.33. The molecule has 1 unspecified atom stereocenters. The van der Waals surface area contributed by atoms with Crippen LogP contribution in [0.3, 0.4) is 0 Å². The first kappa shape index (κ1) is 17.2. The van der Waals surface area contributed by atoms with Crippen molar-refractivity contribution in [2.75, 3.05) is 33.7 Å². The highest BCUT2D eigenvalue weighted by atomic mass is 16.3. The van der Waals surface area contributed by atoms with E-state index in [2.05, 4.69) is 0 Å². The highest BCUT2D eigenvalue weighted by molar-refractivity contribution is 5.95. The van der Waals surface area contributed by atoms with Gasteiger partial charge in [-0.15, -0.1) is 0 Å². The lowest BCUT2D eigenvalue weighted by Gasteiger charge is -2.40. The van der Waals surface area contributed by atoms with Crippen molar-refractivity contribution < 1.29 is 9.90 Å². The average Bonchev–Trinajstić information content (AvgIpc) is 3.30. The van der Waals surface area contributed by atoms with Crippen molar-refractivity contribution >= 4 is 5.91 Å². The molecule has 1 amide bonds. The van der Waals surface area contributed by atoms with Crippen molar-refractivity contribution in [2.24, 2.45) is 0 Å². The minimum absolute atomic E-state index is 0.191. The van der Waals surface area contributed by atoms with E-state index < -0.39 is 5.60 Å². The summed E-state index contributed by atoms with van der Waals surface area (Å²) in [7, 11) is 3.82. The molecule has 0 bridgehead atoms. The maximum atomic E-state index is 13.0. The molecule has 2 heterocycles. The molecule has 1 saturated heterocycles. The average molecular weight is 333 g/mol. The van der Waals surface area contributed by atoms with Gasteiger partial charge in [0.2, 0.25) is 0 Å². The molecule has 1 N–H and O–H groups in total. The van der Waals surface area contributed by atoms with Crippen LogP contribution in [0.4, 0.5) is 0 Å². The number of carbonyl (C=O) groups is 1. The molecule has 6 heteroatoms. The molecule has 1 atom stereocenters. The fraction of sp³-hybridized carbons (Fsp3) is 0.667. The number of hydrogen-bond acceptors (Lipinski definition) is 4. The Hall–Kier alpha value is -1.66. The predicted octanol–water partition coefficient (Wildman–Crippen LogP) is 1.02. The Labute approximate surface area is 142 Å². The van der Waals surface area contributed by atoms with Gasteiger partial charge in [0, 0.05) is 25.3 Å². The Morgan fingerprint density at radius 3 is 2.75 bits per heavy atom. The molecule has 6 nitrogen and oxygen atoms in total. The molecule has 24 heavy (non-hydrogen) atoms. The number of nitrogens with zero attached hydrogens (tertiary/aromatic N) is 3. The van der Waals surface area contributed by atoms with Crippen molar-refractivity contribution in [2.45, 2.75) is 44.2 Å². The van der Waals surface area contributed by atoms with Crippen molar-refractivity contribution in [3.8, 4) is 0 Å². The van der Waals surface area contributed by atoms with E-state index in [0.29, 0.717) is 25.1 Å². The largest absolute Gasteiger partial charge is 0.387 e. The number of carbonyl (C=O) groups excluding carboxylic acids is 1. The monoisotopic (exact) mass is 333 g/mol. The Morgan fingerprint density at radius 1 is 1.42 bits per heavy atom. The molecule has 1 aliphatic carbocycles. The molecule has 132 valence electrons. The normalized spacial score (nSPS) is 24.5. The summed E-state index contributed by atoms with van der Waals surface area (Å²) in [6.45, 7) is 3.19. The van der Waals surface area contributed by atoms with Crippen LogP contribution in [0.5, 0.6) is 0 Å². The van der Waals surface area contributed by atoms with E-state index in [1.807, 2.05) is 32.0 Å². The van der Waals surface area contributed by atoms with Gasteiger partial charge in [-0.05, 0) is 58.3 Å². The van der Waals surface area contributed by atoms with Gasteiger partial charge in [0.1, 0.15) is 5.56 Å². The van der Waals surface area contributed by atoms with Crippen LogP contribution in [-0.4, -0.2) is 64.7 Å². The zero-order valence-corrected chi connectivity index (χ0v) is 14.8. The summed E-state index contributed by atoms with van der Waals surface area (Å²) < 4.78 is 1.69. The number of hydrogen-bond donors (Lipinski definition) is 1. The predicted molar refractivity (Wildman–Crippen MR) is 92.4 cm³/mol. The third kappa shape index (κ3) is 3.39. The minimum Gasteiger partial charge on any atom is -0.387 e. The van der Waals surface area contributed by atoms with E-state index in [9.17, 15) is 14.7 Å². The number of piperidine rings is 1. The quantitative estimate of drug-likeness (QED) is 0.893. The number of aryl methyl sites for hydroxylation is 1. The molecular weight excluding hydrogens is 306 g/mol. The Bertz CT molecular complexity index is 693. The van der Waals surface area contributed by atoms with Gasteiger partial charge < -0.3 is 19.5 Å². The fourth-order valence-electron chi connectivity index (χ4n) is 3.70. The standard InChI is InChI=1S/C18H27N3O3/c1-13-7-10-21(14-5-6-14)17(23)15(13)16(22)20-9-4-8-18(24,12-20)11-19(2)3/h7,10,14,24H,4-6,8-9,11-12H2,1-3H3. The van der Waals surface area contributed by atoms with E-state index in [1.54, 1.807) is 15.7 Å². The maximum absolute atomic E-state index is 13.0. The van der Waals surface area contributed by atoms with Crippen LogP contribution < -0.4 is 5.56 Å². The van der Waals surface area contributed by atoms with E-state index >= 15 is 0 Å². The zero-order valence-electron chi connectivity index (χ0n) is 14.8. The molecule has 0 radical (unpaired) electrons. The van der Waals surface area contributed by atoms with Crippen LogP contribution >= 0.6 is 0 Å². The number of pyridine rings is 1. The van der Waals surface area contributed by atoms with Crippen molar-refractivity contribution in [1.29, 1.82) is 0 Å². The van der Waals surface area contributed by atoms with Gasteiger partial charge >= 0.3 is 0 Å². The number of aliphatic hydroxyl groups is 1. The molecule has 1 aliphatic heterocycles.